The van der Waals surface area contributed by atoms with Gasteiger partial charge in [0, 0.05) is 29.1 Å². The lowest BCUT2D eigenvalue weighted by atomic mass is 9.96. The number of carbonyl (C=O) groups excluding carboxylic acids is 1. The van der Waals surface area contributed by atoms with E-state index in [1.165, 1.54) is 12.1 Å². The molecule has 0 spiro atoms. The van der Waals surface area contributed by atoms with E-state index in [1.807, 2.05) is 38.4 Å². The SMILES string of the molecule is COc1c(NC(=O)c2ccc(C)c(N(N)/C=C(\N)c3cnn(C(C)C)c3C)c2)cc(C2(C)CC2)cc1NS(C)(=O)=O. The number of amides is 1. The molecule has 1 saturated carbocycles. The second-order valence-electron chi connectivity index (χ2n) is 11.2. The number of carbonyl (C=O) groups is 1. The van der Waals surface area contributed by atoms with E-state index in [2.05, 4.69) is 22.1 Å². The fourth-order valence-electron chi connectivity index (χ4n) is 4.78. The van der Waals surface area contributed by atoms with Crippen LogP contribution in [0, 0.1) is 13.8 Å². The number of nitrogens with two attached hydrogens (primary N) is 2. The lowest BCUT2D eigenvalue weighted by Gasteiger charge is -2.21. The third-order valence-corrected chi connectivity index (χ3v) is 8.00. The second kappa shape index (κ2) is 11.1. The fraction of sp³-hybridized carbons (Fsp3) is 0.379. The second-order valence-corrected chi connectivity index (χ2v) is 12.9. The van der Waals surface area contributed by atoms with Crippen LogP contribution in [0.4, 0.5) is 17.1 Å². The summed E-state index contributed by atoms with van der Waals surface area (Å²) in [6.45, 7) is 10.0. The molecule has 0 saturated heterocycles. The molecule has 1 aliphatic carbocycles. The summed E-state index contributed by atoms with van der Waals surface area (Å²) in [5, 5.41) is 8.71. The van der Waals surface area contributed by atoms with Crippen LogP contribution in [0.1, 0.15) is 72.4 Å². The van der Waals surface area contributed by atoms with Gasteiger partial charge in [-0.15, -0.1) is 0 Å². The standard InChI is InChI=1S/C29H39N7O4S/c1-17(2)36-19(4)22(15-32-36)23(30)16-35(31)26-12-20(9-8-18(26)3)28(37)33-24-13-21(29(5)10-11-29)14-25(27(24)40-6)34-41(7,38)39/h8-9,12-17,34H,10-11,30-31H2,1-7H3,(H,33,37)/b23-16-. The predicted molar refractivity (Wildman–Crippen MR) is 163 cm³/mol. The number of aromatic nitrogens is 2. The summed E-state index contributed by atoms with van der Waals surface area (Å²) in [4.78, 5) is 13.5. The van der Waals surface area contributed by atoms with Gasteiger partial charge < -0.3 is 15.8 Å². The quantitative estimate of drug-likeness (QED) is 0.203. The van der Waals surface area contributed by atoms with Crippen molar-refractivity contribution in [2.24, 2.45) is 11.6 Å². The van der Waals surface area contributed by atoms with Crippen molar-refractivity contribution >= 4 is 38.7 Å². The molecule has 0 bridgehead atoms. The van der Waals surface area contributed by atoms with Crippen molar-refractivity contribution in [3.05, 3.63) is 70.7 Å². The molecule has 0 aliphatic heterocycles. The van der Waals surface area contributed by atoms with Crippen LogP contribution >= 0.6 is 0 Å². The molecule has 41 heavy (non-hydrogen) atoms. The van der Waals surface area contributed by atoms with Gasteiger partial charge in [-0.1, -0.05) is 13.0 Å². The van der Waals surface area contributed by atoms with E-state index < -0.39 is 15.9 Å². The van der Waals surface area contributed by atoms with Crippen LogP contribution in [-0.2, 0) is 15.4 Å². The normalized spacial score (nSPS) is 14.6. The number of sulfonamides is 1. The number of aryl methyl sites for hydroxylation is 1. The van der Waals surface area contributed by atoms with Crippen LogP contribution in [0.5, 0.6) is 5.75 Å². The Morgan fingerprint density at radius 2 is 1.85 bits per heavy atom. The van der Waals surface area contributed by atoms with Crippen LogP contribution in [-0.4, -0.2) is 37.5 Å². The number of hydrogen-bond donors (Lipinski definition) is 4. The minimum Gasteiger partial charge on any atom is -0.492 e. The van der Waals surface area contributed by atoms with Crippen molar-refractivity contribution in [1.29, 1.82) is 0 Å². The molecule has 3 aromatic rings. The summed E-state index contributed by atoms with van der Waals surface area (Å²) >= 11 is 0. The van der Waals surface area contributed by atoms with Crippen molar-refractivity contribution in [3.8, 4) is 5.75 Å². The number of methoxy groups -OCH3 is 1. The van der Waals surface area contributed by atoms with Crippen LogP contribution in [0.3, 0.4) is 0 Å². The van der Waals surface area contributed by atoms with Crippen molar-refractivity contribution in [2.75, 3.05) is 28.4 Å². The van der Waals surface area contributed by atoms with Gasteiger partial charge in [-0.25, -0.2) is 14.3 Å². The van der Waals surface area contributed by atoms with E-state index in [-0.39, 0.29) is 22.9 Å². The minimum atomic E-state index is -3.59. The maximum absolute atomic E-state index is 13.5. The average molecular weight is 582 g/mol. The van der Waals surface area contributed by atoms with E-state index in [0.29, 0.717) is 22.6 Å². The highest BCUT2D eigenvalue weighted by Crippen LogP contribution is 2.50. The first-order valence-electron chi connectivity index (χ1n) is 13.3. The number of nitrogens with zero attached hydrogens (tertiary/aromatic N) is 3. The Balaban J connectivity index is 1.65. The van der Waals surface area contributed by atoms with Crippen molar-refractivity contribution in [1.82, 2.24) is 9.78 Å². The third kappa shape index (κ3) is 6.49. The Labute approximate surface area is 241 Å². The van der Waals surface area contributed by atoms with Gasteiger partial charge in [-0.3, -0.25) is 19.2 Å². The highest BCUT2D eigenvalue weighted by atomic mass is 32.2. The molecule has 0 atom stereocenters. The van der Waals surface area contributed by atoms with Gasteiger partial charge in [0.05, 0.1) is 42.3 Å². The highest BCUT2D eigenvalue weighted by Gasteiger charge is 2.40. The van der Waals surface area contributed by atoms with Crippen molar-refractivity contribution < 1.29 is 17.9 Å². The molecule has 220 valence electrons. The maximum Gasteiger partial charge on any atom is 0.255 e. The molecule has 1 amide bonds. The number of benzene rings is 2. The number of ether oxygens (including phenoxy) is 1. The zero-order valence-electron chi connectivity index (χ0n) is 24.6. The molecule has 6 N–H and O–H groups in total. The Morgan fingerprint density at radius 1 is 1.20 bits per heavy atom. The highest BCUT2D eigenvalue weighted by molar-refractivity contribution is 7.92. The van der Waals surface area contributed by atoms with Crippen LogP contribution < -0.4 is 31.4 Å². The Bertz CT molecular complexity index is 1620. The van der Waals surface area contributed by atoms with Gasteiger partial charge in [-0.2, -0.15) is 5.10 Å². The largest absolute Gasteiger partial charge is 0.492 e. The molecule has 2 aromatic carbocycles. The zero-order valence-corrected chi connectivity index (χ0v) is 25.4. The Kier molecular flexibility index (Phi) is 8.10. The molecule has 1 aromatic heterocycles. The summed E-state index contributed by atoms with van der Waals surface area (Å²) in [6, 6.07) is 8.96. The first-order valence-corrected chi connectivity index (χ1v) is 15.2. The summed E-state index contributed by atoms with van der Waals surface area (Å²) < 4.78 is 34.1. The van der Waals surface area contributed by atoms with E-state index in [1.54, 1.807) is 36.7 Å². The maximum atomic E-state index is 13.5. The summed E-state index contributed by atoms with van der Waals surface area (Å²) in [7, 11) is -2.16. The number of anilines is 3. The van der Waals surface area contributed by atoms with Gasteiger partial charge in [0.1, 0.15) is 0 Å². The van der Waals surface area contributed by atoms with Gasteiger partial charge in [-0.05, 0) is 81.3 Å². The van der Waals surface area contributed by atoms with E-state index in [4.69, 9.17) is 16.3 Å². The van der Waals surface area contributed by atoms with Gasteiger partial charge in [0.25, 0.3) is 5.91 Å². The lowest BCUT2D eigenvalue weighted by molar-refractivity contribution is 0.102. The molecular weight excluding hydrogens is 542 g/mol. The zero-order chi connectivity index (χ0) is 30.3. The number of rotatable bonds is 10. The molecule has 11 nitrogen and oxygen atoms in total. The topological polar surface area (TPSA) is 158 Å². The summed E-state index contributed by atoms with van der Waals surface area (Å²) in [5.41, 5.74) is 11.7. The average Bonchev–Trinajstić information content (AvgIpc) is 3.51. The smallest absolute Gasteiger partial charge is 0.255 e. The molecular formula is C29H39N7O4S. The molecule has 12 heteroatoms. The van der Waals surface area contributed by atoms with Crippen molar-refractivity contribution in [2.45, 2.75) is 58.9 Å². The Morgan fingerprint density at radius 3 is 2.41 bits per heavy atom. The van der Waals surface area contributed by atoms with Crippen LogP contribution in [0.15, 0.2) is 42.7 Å². The van der Waals surface area contributed by atoms with E-state index in [9.17, 15) is 13.2 Å². The fourth-order valence-corrected chi connectivity index (χ4v) is 5.33. The molecule has 0 radical (unpaired) electrons. The lowest BCUT2D eigenvalue weighted by Crippen LogP contribution is -2.27. The van der Waals surface area contributed by atoms with Crippen molar-refractivity contribution in [3.63, 3.8) is 0 Å². The number of hydrogen-bond acceptors (Lipinski definition) is 8. The first-order chi connectivity index (χ1) is 19.1. The predicted octanol–water partition coefficient (Wildman–Crippen LogP) is 4.40. The molecule has 4 rings (SSSR count). The van der Waals surface area contributed by atoms with Gasteiger partial charge in [0.15, 0.2) is 5.75 Å². The molecule has 0 unspecified atom stereocenters. The van der Waals surface area contributed by atoms with Gasteiger partial charge >= 0.3 is 0 Å². The monoisotopic (exact) mass is 581 g/mol. The third-order valence-electron chi connectivity index (χ3n) is 7.41. The number of hydrazine groups is 1. The van der Waals surface area contributed by atoms with E-state index >= 15 is 0 Å². The molecule has 1 heterocycles. The van der Waals surface area contributed by atoms with Crippen LogP contribution in [0.25, 0.3) is 5.70 Å². The first kappa shape index (κ1) is 29.9. The van der Waals surface area contributed by atoms with Gasteiger partial charge in [0.2, 0.25) is 10.0 Å². The minimum absolute atomic E-state index is 0.0902. The summed E-state index contributed by atoms with van der Waals surface area (Å²) in [5.74, 6) is 6.21. The van der Waals surface area contributed by atoms with E-state index in [0.717, 1.165) is 41.5 Å². The van der Waals surface area contributed by atoms with Crippen LogP contribution in [0.2, 0.25) is 0 Å². The Hall–Kier alpha value is -4.03. The number of nitrogens with one attached hydrogen (secondary N) is 2. The summed E-state index contributed by atoms with van der Waals surface area (Å²) in [6.07, 6.45) is 6.31. The molecule has 1 fully saturated rings. The molecule has 1 aliphatic rings.